The zero-order valence-corrected chi connectivity index (χ0v) is 15.0. The number of carbonyl (C=O) groups excluding carboxylic acids is 1. The predicted octanol–water partition coefficient (Wildman–Crippen LogP) is 4.15. The molecule has 0 bridgehead atoms. The molecule has 3 atom stereocenters. The summed E-state index contributed by atoms with van der Waals surface area (Å²) in [6, 6.07) is 5.62. The number of rotatable bonds is 4. The SMILES string of the molecule is CC(CNC(=O)C1CCCC(N)C1)c1c(Cl)cccc1Cl.Cl. The van der Waals surface area contributed by atoms with E-state index in [4.69, 9.17) is 28.9 Å². The molecule has 0 aromatic heterocycles. The Morgan fingerprint density at radius 1 is 1.36 bits per heavy atom. The van der Waals surface area contributed by atoms with E-state index in [1.54, 1.807) is 0 Å². The molecule has 0 radical (unpaired) electrons. The molecule has 3 N–H and O–H groups in total. The Kier molecular flexibility index (Phi) is 7.98. The molecule has 1 saturated carbocycles. The van der Waals surface area contributed by atoms with E-state index in [2.05, 4.69) is 5.32 Å². The van der Waals surface area contributed by atoms with Gasteiger partial charge in [-0.15, -0.1) is 12.4 Å². The van der Waals surface area contributed by atoms with Gasteiger partial charge >= 0.3 is 0 Å². The van der Waals surface area contributed by atoms with Gasteiger partial charge in [0.25, 0.3) is 0 Å². The normalized spacial score (nSPS) is 22.5. The molecule has 22 heavy (non-hydrogen) atoms. The first-order chi connectivity index (χ1) is 9.99. The van der Waals surface area contributed by atoms with Gasteiger partial charge in [0, 0.05) is 34.5 Å². The van der Waals surface area contributed by atoms with Crippen molar-refractivity contribution in [2.75, 3.05) is 6.54 Å². The number of halogens is 3. The Hall–Kier alpha value is -0.480. The quantitative estimate of drug-likeness (QED) is 0.842. The molecule has 2 rings (SSSR count). The monoisotopic (exact) mass is 364 g/mol. The third-order valence-corrected chi connectivity index (χ3v) is 4.82. The number of carbonyl (C=O) groups is 1. The predicted molar refractivity (Wildman–Crippen MR) is 95.1 cm³/mol. The molecule has 3 unspecified atom stereocenters. The van der Waals surface area contributed by atoms with Crippen LogP contribution in [0.4, 0.5) is 0 Å². The van der Waals surface area contributed by atoms with Crippen LogP contribution in [0.25, 0.3) is 0 Å². The van der Waals surface area contributed by atoms with Crippen molar-refractivity contribution < 1.29 is 4.79 Å². The van der Waals surface area contributed by atoms with E-state index in [0.29, 0.717) is 16.6 Å². The highest BCUT2D eigenvalue weighted by molar-refractivity contribution is 6.36. The second-order valence-electron chi connectivity index (χ2n) is 5.91. The minimum absolute atomic E-state index is 0. The molecule has 0 saturated heterocycles. The zero-order chi connectivity index (χ0) is 15.4. The first kappa shape index (κ1) is 19.6. The fourth-order valence-electron chi connectivity index (χ4n) is 2.95. The Morgan fingerprint density at radius 3 is 2.59 bits per heavy atom. The molecule has 1 amide bonds. The molecular weight excluding hydrogens is 343 g/mol. The van der Waals surface area contributed by atoms with Crippen LogP contribution in [-0.2, 0) is 4.79 Å². The first-order valence-electron chi connectivity index (χ1n) is 7.46. The van der Waals surface area contributed by atoms with Crippen LogP contribution in [0.15, 0.2) is 18.2 Å². The molecule has 1 aromatic rings. The van der Waals surface area contributed by atoms with Gasteiger partial charge in [-0.3, -0.25) is 4.79 Å². The van der Waals surface area contributed by atoms with Crippen molar-refractivity contribution in [3.8, 4) is 0 Å². The van der Waals surface area contributed by atoms with E-state index >= 15 is 0 Å². The van der Waals surface area contributed by atoms with Crippen molar-refractivity contribution in [3.63, 3.8) is 0 Å². The summed E-state index contributed by atoms with van der Waals surface area (Å²) in [6.07, 6.45) is 3.77. The van der Waals surface area contributed by atoms with Crippen LogP contribution in [0.2, 0.25) is 10.0 Å². The molecule has 6 heteroatoms. The van der Waals surface area contributed by atoms with E-state index in [0.717, 1.165) is 31.2 Å². The minimum atomic E-state index is 0. The lowest BCUT2D eigenvalue weighted by Gasteiger charge is -2.26. The van der Waals surface area contributed by atoms with Crippen molar-refractivity contribution in [2.45, 2.75) is 44.6 Å². The molecule has 3 nitrogen and oxygen atoms in total. The lowest BCUT2D eigenvalue weighted by molar-refractivity contribution is -0.126. The van der Waals surface area contributed by atoms with Gasteiger partial charge in [0.15, 0.2) is 0 Å². The molecule has 1 aliphatic rings. The number of hydrogen-bond acceptors (Lipinski definition) is 2. The van der Waals surface area contributed by atoms with Crippen molar-refractivity contribution in [2.24, 2.45) is 11.7 Å². The Bertz CT molecular complexity index is 490. The summed E-state index contributed by atoms with van der Waals surface area (Å²) in [7, 11) is 0. The maximum absolute atomic E-state index is 12.2. The van der Waals surface area contributed by atoms with E-state index in [-0.39, 0.29) is 36.2 Å². The topological polar surface area (TPSA) is 55.1 Å². The summed E-state index contributed by atoms with van der Waals surface area (Å²) in [4.78, 5) is 12.2. The third-order valence-electron chi connectivity index (χ3n) is 4.16. The van der Waals surface area contributed by atoms with Gasteiger partial charge in [0.2, 0.25) is 5.91 Å². The van der Waals surface area contributed by atoms with Crippen LogP contribution in [0.3, 0.4) is 0 Å². The summed E-state index contributed by atoms with van der Waals surface area (Å²) in [5.41, 5.74) is 6.83. The summed E-state index contributed by atoms with van der Waals surface area (Å²) in [5.74, 6) is 0.218. The number of nitrogens with two attached hydrogens (primary N) is 1. The van der Waals surface area contributed by atoms with Crippen molar-refractivity contribution in [1.82, 2.24) is 5.32 Å². The number of nitrogens with one attached hydrogen (secondary N) is 1. The van der Waals surface area contributed by atoms with Crippen molar-refractivity contribution in [3.05, 3.63) is 33.8 Å². The highest BCUT2D eigenvalue weighted by Crippen LogP contribution is 2.31. The summed E-state index contributed by atoms with van der Waals surface area (Å²) in [5, 5.41) is 4.30. The van der Waals surface area contributed by atoms with Crippen LogP contribution in [0.5, 0.6) is 0 Å². The second kappa shape index (κ2) is 8.97. The smallest absolute Gasteiger partial charge is 0.223 e. The van der Waals surface area contributed by atoms with E-state index in [1.807, 2.05) is 25.1 Å². The molecule has 0 heterocycles. The highest BCUT2D eigenvalue weighted by atomic mass is 35.5. The molecule has 1 aliphatic carbocycles. The maximum atomic E-state index is 12.2. The second-order valence-corrected chi connectivity index (χ2v) is 6.72. The van der Waals surface area contributed by atoms with Crippen LogP contribution in [-0.4, -0.2) is 18.5 Å². The van der Waals surface area contributed by atoms with Gasteiger partial charge in [-0.1, -0.05) is 42.6 Å². The lowest BCUT2D eigenvalue weighted by atomic mass is 9.85. The molecule has 0 spiro atoms. The average molecular weight is 366 g/mol. The molecular formula is C16H23Cl3N2O. The summed E-state index contributed by atoms with van der Waals surface area (Å²) in [6.45, 7) is 2.55. The van der Waals surface area contributed by atoms with Crippen molar-refractivity contribution >= 4 is 41.5 Å². The number of benzene rings is 1. The minimum Gasteiger partial charge on any atom is -0.355 e. The van der Waals surface area contributed by atoms with E-state index in [9.17, 15) is 4.79 Å². The van der Waals surface area contributed by atoms with Crippen LogP contribution < -0.4 is 11.1 Å². The Labute approximate surface area is 148 Å². The largest absolute Gasteiger partial charge is 0.355 e. The third kappa shape index (κ3) is 5.02. The van der Waals surface area contributed by atoms with Crippen molar-refractivity contribution in [1.29, 1.82) is 0 Å². The lowest BCUT2D eigenvalue weighted by Crippen LogP contribution is -2.39. The Morgan fingerprint density at radius 2 is 2.00 bits per heavy atom. The maximum Gasteiger partial charge on any atom is 0.223 e. The standard InChI is InChI=1S/C16H22Cl2N2O.ClH/c1-10(15-13(17)6-3-7-14(15)18)9-20-16(21)11-4-2-5-12(19)8-11;/h3,6-7,10-12H,2,4-5,8-9,19H2,1H3,(H,20,21);1H. The fraction of sp³-hybridized carbons (Fsp3) is 0.562. The number of hydrogen-bond donors (Lipinski definition) is 2. The first-order valence-corrected chi connectivity index (χ1v) is 8.21. The Balaban J connectivity index is 0.00000242. The molecule has 1 fully saturated rings. The summed E-state index contributed by atoms with van der Waals surface area (Å²) >= 11 is 12.4. The van der Waals surface area contributed by atoms with Crippen LogP contribution >= 0.6 is 35.6 Å². The van der Waals surface area contributed by atoms with Gasteiger partial charge < -0.3 is 11.1 Å². The average Bonchev–Trinajstić information content (AvgIpc) is 2.44. The van der Waals surface area contributed by atoms with Gasteiger partial charge in [-0.05, 0) is 37.0 Å². The highest BCUT2D eigenvalue weighted by Gasteiger charge is 2.25. The summed E-state index contributed by atoms with van der Waals surface area (Å²) < 4.78 is 0. The molecule has 124 valence electrons. The molecule has 0 aliphatic heterocycles. The zero-order valence-electron chi connectivity index (χ0n) is 12.6. The van der Waals surface area contributed by atoms with E-state index < -0.39 is 0 Å². The van der Waals surface area contributed by atoms with Gasteiger partial charge in [0.1, 0.15) is 0 Å². The van der Waals surface area contributed by atoms with E-state index in [1.165, 1.54) is 0 Å². The van der Waals surface area contributed by atoms with Gasteiger partial charge in [-0.2, -0.15) is 0 Å². The fourth-order valence-corrected chi connectivity index (χ4v) is 3.72. The molecule has 1 aromatic carbocycles. The van der Waals surface area contributed by atoms with Gasteiger partial charge in [0.05, 0.1) is 0 Å². The van der Waals surface area contributed by atoms with Gasteiger partial charge in [-0.25, -0.2) is 0 Å². The van der Waals surface area contributed by atoms with Crippen LogP contribution in [0, 0.1) is 5.92 Å². The number of amides is 1. The van der Waals surface area contributed by atoms with Crippen LogP contribution in [0.1, 0.15) is 44.1 Å².